The number of pyridine rings is 1. The Hall–Kier alpha value is -1.59. The van der Waals surface area contributed by atoms with Gasteiger partial charge in [0.25, 0.3) is 0 Å². The number of rotatable bonds is 3. The van der Waals surface area contributed by atoms with E-state index >= 15 is 0 Å². The van der Waals surface area contributed by atoms with E-state index in [-0.39, 0.29) is 0 Å². The van der Waals surface area contributed by atoms with E-state index < -0.39 is 0 Å². The number of hydrogen-bond donors (Lipinski definition) is 1. The maximum absolute atomic E-state index is 5.70. The normalized spacial score (nSPS) is 11.2. The van der Waals surface area contributed by atoms with Crippen LogP contribution in [0.4, 0.5) is 0 Å². The number of furan rings is 1. The van der Waals surface area contributed by atoms with Crippen molar-refractivity contribution in [2.24, 2.45) is 5.73 Å². The van der Waals surface area contributed by atoms with E-state index in [9.17, 15) is 0 Å². The summed E-state index contributed by atoms with van der Waals surface area (Å²) in [4.78, 5) is 4.62. The molecule has 3 aromatic rings. The molecule has 0 saturated carbocycles. The fourth-order valence-corrected chi connectivity index (χ4v) is 2.64. The van der Waals surface area contributed by atoms with Crippen molar-refractivity contribution in [3.8, 4) is 11.5 Å². The molecule has 0 aliphatic carbocycles. The number of nitrogens with two attached hydrogens (primary N) is 1. The molecular formula is C13H12BrN3O. The van der Waals surface area contributed by atoms with Crippen LogP contribution in [0.5, 0.6) is 0 Å². The van der Waals surface area contributed by atoms with Gasteiger partial charge >= 0.3 is 0 Å². The first-order valence-electron chi connectivity index (χ1n) is 5.71. The van der Waals surface area contributed by atoms with Gasteiger partial charge in [-0.1, -0.05) is 6.07 Å². The Morgan fingerprint density at radius 3 is 2.89 bits per heavy atom. The van der Waals surface area contributed by atoms with Gasteiger partial charge in [0.1, 0.15) is 11.3 Å². The predicted octanol–water partition coefficient (Wildman–Crippen LogP) is 2.86. The zero-order valence-electron chi connectivity index (χ0n) is 9.64. The first-order valence-corrected chi connectivity index (χ1v) is 6.50. The van der Waals surface area contributed by atoms with Gasteiger partial charge < -0.3 is 10.2 Å². The highest BCUT2D eigenvalue weighted by Gasteiger charge is 2.16. The van der Waals surface area contributed by atoms with Crippen molar-refractivity contribution >= 4 is 21.6 Å². The lowest BCUT2D eigenvalue weighted by molar-refractivity contribution is 0.579. The van der Waals surface area contributed by atoms with Gasteiger partial charge in [-0.15, -0.1) is 0 Å². The second-order valence-electron chi connectivity index (χ2n) is 3.97. The topological polar surface area (TPSA) is 56.5 Å². The highest BCUT2D eigenvalue weighted by atomic mass is 79.9. The van der Waals surface area contributed by atoms with Gasteiger partial charge in [-0.05, 0) is 46.7 Å². The summed E-state index contributed by atoms with van der Waals surface area (Å²) in [5, 5.41) is 0. The zero-order valence-corrected chi connectivity index (χ0v) is 11.2. The van der Waals surface area contributed by atoms with E-state index in [0.29, 0.717) is 6.54 Å². The number of hydrogen-bond acceptors (Lipinski definition) is 3. The van der Waals surface area contributed by atoms with Gasteiger partial charge in [0.15, 0.2) is 5.76 Å². The van der Waals surface area contributed by atoms with Crippen LogP contribution in [0.15, 0.2) is 45.6 Å². The smallest absolute Gasteiger partial charge is 0.154 e. The van der Waals surface area contributed by atoms with Gasteiger partial charge in [0, 0.05) is 6.42 Å². The quantitative estimate of drug-likeness (QED) is 0.757. The second-order valence-corrected chi connectivity index (χ2v) is 4.78. The molecule has 0 bridgehead atoms. The lowest BCUT2D eigenvalue weighted by atomic mass is 10.2. The maximum atomic E-state index is 5.70. The number of aromatic nitrogens is 2. The molecule has 0 fully saturated rings. The number of nitrogens with zero attached hydrogens (tertiary/aromatic N) is 2. The van der Waals surface area contributed by atoms with Crippen molar-refractivity contribution in [2.45, 2.75) is 6.42 Å². The number of imidazole rings is 1. The Morgan fingerprint density at radius 2 is 2.17 bits per heavy atom. The summed E-state index contributed by atoms with van der Waals surface area (Å²) < 4.78 is 8.47. The molecule has 0 radical (unpaired) electrons. The minimum absolute atomic E-state index is 0.572. The molecule has 4 nitrogen and oxygen atoms in total. The van der Waals surface area contributed by atoms with Crippen molar-refractivity contribution in [2.75, 3.05) is 6.54 Å². The zero-order chi connectivity index (χ0) is 12.5. The molecule has 0 aromatic carbocycles. The van der Waals surface area contributed by atoms with E-state index in [2.05, 4.69) is 25.3 Å². The maximum Gasteiger partial charge on any atom is 0.154 e. The molecule has 92 valence electrons. The number of halogens is 1. The summed E-state index contributed by atoms with van der Waals surface area (Å²) in [5.41, 5.74) is 8.51. The van der Waals surface area contributed by atoms with Crippen LogP contribution in [0.25, 0.3) is 17.1 Å². The van der Waals surface area contributed by atoms with E-state index in [4.69, 9.17) is 10.2 Å². The van der Waals surface area contributed by atoms with Crippen molar-refractivity contribution in [3.05, 3.63) is 46.9 Å². The standard InChI is InChI=1S/C13H12BrN3O/c14-11-4-1-5-12-16-13(10-3-2-8-18-10)9(6-7-15)17(11)12/h1-5,8H,6-7,15H2. The van der Waals surface area contributed by atoms with Crippen molar-refractivity contribution < 1.29 is 4.42 Å². The SMILES string of the molecule is NCCc1c(-c2ccco2)nc2cccc(Br)n12. The minimum atomic E-state index is 0.572. The molecule has 3 heterocycles. The predicted molar refractivity (Wildman–Crippen MR) is 73.4 cm³/mol. The van der Waals surface area contributed by atoms with Crippen LogP contribution in [-0.4, -0.2) is 15.9 Å². The van der Waals surface area contributed by atoms with Gasteiger partial charge in [-0.3, -0.25) is 4.40 Å². The molecule has 0 unspecified atom stereocenters. The van der Waals surface area contributed by atoms with Crippen molar-refractivity contribution in [3.63, 3.8) is 0 Å². The molecule has 3 rings (SSSR count). The highest BCUT2D eigenvalue weighted by Crippen LogP contribution is 2.27. The molecule has 0 atom stereocenters. The Balaban J connectivity index is 2.31. The molecular weight excluding hydrogens is 294 g/mol. The van der Waals surface area contributed by atoms with E-state index in [1.165, 1.54) is 0 Å². The van der Waals surface area contributed by atoms with E-state index in [0.717, 1.165) is 33.8 Å². The number of fused-ring (bicyclic) bond motifs is 1. The van der Waals surface area contributed by atoms with Crippen LogP contribution >= 0.6 is 15.9 Å². The lowest BCUT2D eigenvalue weighted by Crippen LogP contribution is -2.06. The van der Waals surface area contributed by atoms with Crippen molar-refractivity contribution in [1.82, 2.24) is 9.38 Å². The van der Waals surface area contributed by atoms with Gasteiger partial charge in [-0.2, -0.15) is 0 Å². The van der Waals surface area contributed by atoms with Gasteiger partial charge in [0.2, 0.25) is 0 Å². The Bertz CT molecular complexity index is 673. The Morgan fingerprint density at radius 1 is 1.28 bits per heavy atom. The fourth-order valence-electron chi connectivity index (χ4n) is 2.09. The molecule has 2 N–H and O–H groups in total. The first-order chi connectivity index (χ1) is 8.81. The summed E-state index contributed by atoms with van der Waals surface area (Å²) in [6, 6.07) is 9.69. The second kappa shape index (κ2) is 4.59. The van der Waals surface area contributed by atoms with Gasteiger partial charge in [-0.25, -0.2) is 4.98 Å². The Kier molecular flexibility index (Phi) is 2.93. The average molecular weight is 306 g/mol. The summed E-state index contributed by atoms with van der Waals surface area (Å²) >= 11 is 3.55. The van der Waals surface area contributed by atoms with Crippen molar-refractivity contribution in [1.29, 1.82) is 0 Å². The molecule has 5 heteroatoms. The molecule has 18 heavy (non-hydrogen) atoms. The Labute approximate surface area is 113 Å². The van der Waals surface area contributed by atoms with Crippen LogP contribution < -0.4 is 5.73 Å². The summed E-state index contributed by atoms with van der Waals surface area (Å²) in [7, 11) is 0. The lowest BCUT2D eigenvalue weighted by Gasteiger charge is -2.03. The fraction of sp³-hybridized carbons (Fsp3) is 0.154. The molecule has 0 amide bonds. The first kappa shape index (κ1) is 11.5. The van der Waals surface area contributed by atoms with Crippen LogP contribution in [0.2, 0.25) is 0 Å². The monoisotopic (exact) mass is 305 g/mol. The van der Waals surface area contributed by atoms with Crippen LogP contribution in [0.1, 0.15) is 5.69 Å². The van der Waals surface area contributed by atoms with Crippen LogP contribution in [0.3, 0.4) is 0 Å². The molecule has 0 aliphatic rings. The van der Waals surface area contributed by atoms with E-state index in [1.807, 2.05) is 30.3 Å². The van der Waals surface area contributed by atoms with Gasteiger partial charge in [0.05, 0.1) is 16.6 Å². The average Bonchev–Trinajstić information content (AvgIpc) is 2.97. The molecule has 0 saturated heterocycles. The third-order valence-electron chi connectivity index (χ3n) is 2.83. The summed E-state index contributed by atoms with van der Waals surface area (Å²) in [6.45, 7) is 0.572. The largest absolute Gasteiger partial charge is 0.463 e. The third-order valence-corrected chi connectivity index (χ3v) is 3.45. The minimum Gasteiger partial charge on any atom is -0.463 e. The summed E-state index contributed by atoms with van der Waals surface area (Å²) in [6.07, 6.45) is 2.40. The molecule has 0 aliphatic heterocycles. The molecule has 0 spiro atoms. The van der Waals surface area contributed by atoms with Crippen LogP contribution in [-0.2, 0) is 6.42 Å². The van der Waals surface area contributed by atoms with Crippen LogP contribution in [0, 0.1) is 0 Å². The van der Waals surface area contributed by atoms with E-state index in [1.54, 1.807) is 6.26 Å². The summed E-state index contributed by atoms with van der Waals surface area (Å²) in [5.74, 6) is 0.772. The molecule has 3 aromatic heterocycles. The third kappa shape index (κ3) is 1.76. The highest BCUT2D eigenvalue weighted by molar-refractivity contribution is 9.10.